The van der Waals surface area contributed by atoms with E-state index in [1.807, 2.05) is 6.92 Å². The van der Waals surface area contributed by atoms with E-state index in [-0.39, 0.29) is 5.91 Å². The van der Waals surface area contributed by atoms with Gasteiger partial charge < -0.3 is 5.32 Å². The molecule has 0 aliphatic heterocycles. The summed E-state index contributed by atoms with van der Waals surface area (Å²) in [5, 5.41) is 4.91. The molecule has 1 aromatic rings. The zero-order chi connectivity index (χ0) is 10.4. The van der Waals surface area contributed by atoms with Crippen LogP contribution in [-0.4, -0.2) is 5.91 Å². The van der Waals surface area contributed by atoms with Gasteiger partial charge in [0, 0.05) is 4.88 Å². The van der Waals surface area contributed by atoms with Crippen LogP contribution in [0.25, 0.3) is 0 Å². The lowest BCUT2D eigenvalue weighted by Crippen LogP contribution is -2.20. The number of carbonyl (C=O) groups is 1. The highest BCUT2D eigenvalue weighted by molar-refractivity contribution is 7.10. The molecule has 0 saturated heterocycles. The number of hydrogen-bond donors (Lipinski definition) is 1. The average Bonchev–Trinajstić information content (AvgIpc) is 2.62. The fraction of sp³-hybridized carbons (Fsp3) is 0.364. The summed E-state index contributed by atoms with van der Waals surface area (Å²) in [7, 11) is 0. The van der Waals surface area contributed by atoms with E-state index in [1.54, 1.807) is 23.5 Å². The molecular weight excluding hydrogens is 194 g/mol. The maximum Gasteiger partial charge on any atom is 0.243 e. The third-order valence-corrected chi connectivity index (χ3v) is 2.92. The van der Waals surface area contributed by atoms with E-state index in [9.17, 15) is 4.79 Å². The van der Waals surface area contributed by atoms with Gasteiger partial charge in [-0.3, -0.25) is 4.79 Å². The lowest BCUT2D eigenvalue weighted by atomic mass is 10.2. The van der Waals surface area contributed by atoms with Crippen molar-refractivity contribution in [1.82, 2.24) is 5.32 Å². The van der Waals surface area contributed by atoms with E-state index in [4.69, 9.17) is 0 Å². The number of carbonyl (C=O) groups excluding carboxylic acids is 1. The van der Waals surface area contributed by atoms with Crippen molar-refractivity contribution < 1.29 is 4.79 Å². The predicted molar refractivity (Wildman–Crippen MR) is 60.4 cm³/mol. The zero-order valence-corrected chi connectivity index (χ0v) is 9.36. The lowest BCUT2D eigenvalue weighted by molar-refractivity contribution is -0.116. The van der Waals surface area contributed by atoms with Gasteiger partial charge in [-0.2, -0.15) is 0 Å². The van der Waals surface area contributed by atoms with Crippen molar-refractivity contribution in [3.8, 4) is 0 Å². The van der Waals surface area contributed by atoms with Gasteiger partial charge in [0.25, 0.3) is 0 Å². The normalized spacial score (nSPS) is 10.7. The largest absolute Gasteiger partial charge is 0.348 e. The van der Waals surface area contributed by atoms with E-state index in [0.717, 1.165) is 6.42 Å². The van der Waals surface area contributed by atoms with E-state index in [1.165, 1.54) is 10.4 Å². The zero-order valence-electron chi connectivity index (χ0n) is 8.54. The van der Waals surface area contributed by atoms with Gasteiger partial charge in [0.1, 0.15) is 0 Å². The Balaban J connectivity index is 2.49. The van der Waals surface area contributed by atoms with Gasteiger partial charge in [-0.05, 0) is 36.4 Å². The monoisotopic (exact) mass is 209 g/mol. The summed E-state index contributed by atoms with van der Waals surface area (Å²) in [5.74, 6) is -0.0250. The van der Waals surface area contributed by atoms with Gasteiger partial charge in [-0.1, -0.05) is 13.0 Å². The Morgan fingerprint density at radius 2 is 2.43 bits per heavy atom. The molecule has 0 aliphatic carbocycles. The first-order chi connectivity index (χ1) is 6.77. The van der Waals surface area contributed by atoms with Crippen molar-refractivity contribution in [2.45, 2.75) is 26.8 Å². The molecule has 1 rings (SSSR count). The van der Waals surface area contributed by atoms with E-state index in [0.29, 0.717) is 6.54 Å². The van der Waals surface area contributed by atoms with Crippen LogP contribution < -0.4 is 5.32 Å². The molecular formula is C11H15NOS. The summed E-state index contributed by atoms with van der Waals surface area (Å²) in [6.07, 6.45) is 4.31. The number of thiophene rings is 1. The van der Waals surface area contributed by atoms with Gasteiger partial charge in [0.15, 0.2) is 0 Å². The number of aryl methyl sites for hydroxylation is 1. The molecule has 0 spiro atoms. The maximum absolute atomic E-state index is 11.1. The van der Waals surface area contributed by atoms with Crippen LogP contribution in [0.4, 0.5) is 0 Å². The molecule has 0 unspecified atom stereocenters. The minimum absolute atomic E-state index is 0.0250. The lowest BCUT2D eigenvalue weighted by Gasteiger charge is -2.02. The quantitative estimate of drug-likeness (QED) is 0.758. The standard InChI is InChI=1S/C11H15NOS/c1-3-5-11(13)12-8-10-9(4-2)6-7-14-10/h3,5-7H,4,8H2,1-2H3,(H,12,13). The highest BCUT2D eigenvalue weighted by Crippen LogP contribution is 2.16. The minimum atomic E-state index is -0.0250. The molecule has 0 bridgehead atoms. The Morgan fingerprint density at radius 1 is 1.64 bits per heavy atom. The molecule has 1 heterocycles. The Labute approximate surface area is 88.6 Å². The van der Waals surface area contributed by atoms with Crippen LogP contribution in [0.2, 0.25) is 0 Å². The van der Waals surface area contributed by atoms with Gasteiger partial charge in [-0.25, -0.2) is 0 Å². The molecule has 14 heavy (non-hydrogen) atoms. The van der Waals surface area contributed by atoms with E-state index in [2.05, 4.69) is 23.7 Å². The van der Waals surface area contributed by atoms with Crippen LogP contribution in [0.3, 0.4) is 0 Å². The SMILES string of the molecule is CC=CC(=O)NCc1sccc1CC. The Bertz CT molecular complexity index is 328. The molecule has 0 atom stereocenters. The van der Waals surface area contributed by atoms with E-state index >= 15 is 0 Å². The third-order valence-electron chi connectivity index (χ3n) is 1.96. The fourth-order valence-corrected chi connectivity index (χ4v) is 2.13. The summed E-state index contributed by atoms with van der Waals surface area (Å²) in [6, 6.07) is 2.11. The number of hydrogen-bond acceptors (Lipinski definition) is 2. The van der Waals surface area contributed by atoms with Gasteiger partial charge in [0.2, 0.25) is 5.91 Å². The minimum Gasteiger partial charge on any atom is -0.348 e. The van der Waals surface area contributed by atoms with Crippen LogP contribution >= 0.6 is 11.3 Å². The Hall–Kier alpha value is -1.09. The molecule has 1 N–H and O–H groups in total. The fourth-order valence-electron chi connectivity index (χ4n) is 1.21. The van der Waals surface area contributed by atoms with Crippen molar-refractivity contribution in [3.05, 3.63) is 34.0 Å². The van der Waals surface area contributed by atoms with Crippen molar-refractivity contribution in [2.75, 3.05) is 0 Å². The molecule has 2 nitrogen and oxygen atoms in total. The van der Waals surface area contributed by atoms with Crippen LogP contribution in [0.1, 0.15) is 24.3 Å². The summed E-state index contributed by atoms with van der Waals surface area (Å²) in [4.78, 5) is 12.4. The topological polar surface area (TPSA) is 29.1 Å². The Kier molecular flexibility index (Phi) is 4.40. The third kappa shape index (κ3) is 3.00. The second-order valence-electron chi connectivity index (χ2n) is 2.94. The highest BCUT2D eigenvalue weighted by atomic mass is 32.1. The number of rotatable bonds is 4. The average molecular weight is 209 g/mol. The van der Waals surface area contributed by atoms with Crippen LogP contribution in [0.5, 0.6) is 0 Å². The summed E-state index contributed by atoms with van der Waals surface area (Å²) < 4.78 is 0. The van der Waals surface area contributed by atoms with Crippen molar-refractivity contribution in [1.29, 1.82) is 0 Å². The smallest absolute Gasteiger partial charge is 0.243 e. The maximum atomic E-state index is 11.1. The predicted octanol–water partition coefficient (Wildman–Crippen LogP) is 2.50. The first kappa shape index (κ1) is 11.0. The molecule has 1 amide bonds. The molecule has 0 radical (unpaired) electrons. The first-order valence-corrected chi connectivity index (χ1v) is 5.61. The molecule has 1 aromatic heterocycles. The molecule has 0 aromatic carbocycles. The van der Waals surface area contributed by atoms with E-state index < -0.39 is 0 Å². The van der Waals surface area contributed by atoms with Crippen LogP contribution in [-0.2, 0) is 17.8 Å². The van der Waals surface area contributed by atoms with Gasteiger partial charge in [0.05, 0.1) is 6.54 Å². The van der Waals surface area contributed by atoms with Crippen molar-refractivity contribution in [2.24, 2.45) is 0 Å². The molecule has 0 saturated carbocycles. The number of allylic oxidation sites excluding steroid dienone is 1. The van der Waals surface area contributed by atoms with Crippen LogP contribution in [0.15, 0.2) is 23.6 Å². The number of amides is 1. The summed E-state index contributed by atoms with van der Waals surface area (Å²) in [5.41, 5.74) is 1.33. The highest BCUT2D eigenvalue weighted by Gasteiger charge is 2.02. The van der Waals surface area contributed by atoms with Gasteiger partial charge >= 0.3 is 0 Å². The van der Waals surface area contributed by atoms with Gasteiger partial charge in [-0.15, -0.1) is 11.3 Å². The molecule has 0 aliphatic rings. The van der Waals surface area contributed by atoms with Crippen LogP contribution in [0, 0.1) is 0 Å². The molecule has 0 fully saturated rings. The van der Waals surface area contributed by atoms with Crippen molar-refractivity contribution in [3.63, 3.8) is 0 Å². The summed E-state index contributed by atoms with van der Waals surface area (Å²) in [6.45, 7) is 4.60. The second kappa shape index (κ2) is 5.60. The number of nitrogens with one attached hydrogen (secondary N) is 1. The van der Waals surface area contributed by atoms with Crippen molar-refractivity contribution >= 4 is 17.2 Å². The Morgan fingerprint density at radius 3 is 3.07 bits per heavy atom. The second-order valence-corrected chi connectivity index (χ2v) is 3.94. The first-order valence-electron chi connectivity index (χ1n) is 4.73. The summed E-state index contributed by atoms with van der Waals surface area (Å²) >= 11 is 1.70. The molecule has 3 heteroatoms. The molecule has 76 valence electrons.